The molecule has 2 rings (SSSR count). The van der Waals surface area contributed by atoms with Gasteiger partial charge in [0.05, 0.1) is 10.5 Å². The Kier molecular flexibility index (Phi) is 6.72. The van der Waals surface area contributed by atoms with Crippen LogP contribution >= 0.6 is 23.4 Å². The fraction of sp³-hybridized carbons (Fsp3) is 0.444. The van der Waals surface area contributed by atoms with Crippen LogP contribution in [0, 0.1) is 0 Å². The van der Waals surface area contributed by atoms with E-state index in [0.29, 0.717) is 22.0 Å². The molecule has 0 atom stereocenters. The summed E-state index contributed by atoms with van der Waals surface area (Å²) in [6, 6.07) is 7.11. The van der Waals surface area contributed by atoms with Crippen LogP contribution in [0.25, 0.3) is 5.57 Å². The second kappa shape index (κ2) is 8.55. The zero-order chi connectivity index (χ0) is 16.8. The summed E-state index contributed by atoms with van der Waals surface area (Å²) in [6.45, 7) is 4.63. The van der Waals surface area contributed by atoms with Crippen molar-refractivity contribution in [3.05, 3.63) is 39.8 Å². The zero-order valence-corrected chi connectivity index (χ0v) is 15.2. The largest absolute Gasteiger partial charge is 0.274 e. The lowest BCUT2D eigenvalue weighted by Gasteiger charge is -2.14. The average Bonchev–Trinajstić information content (AvgIpc) is 2.77. The predicted molar refractivity (Wildman–Crippen MR) is 97.4 cm³/mol. The van der Waals surface area contributed by atoms with Crippen molar-refractivity contribution in [2.45, 2.75) is 39.5 Å². The van der Waals surface area contributed by atoms with Gasteiger partial charge in [-0.15, -0.1) is 11.8 Å². The van der Waals surface area contributed by atoms with Crippen molar-refractivity contribution in [3.8, 4) is 0 Å². The molecule has 23 heavy (non-hydrogen) atoms. The van der Waals surface area contributed by atoms with Gasteiger partial charge in [-0.1, -0.05) is 56.8 Å². The third-order valence-corrected chi connectivity index (χ3v) is 4.99. The van der Waals surface area contributed by atoms with Crippen molar-refractivity contribution in [1.29, 1.82) is 0 Å². The highest BCUT2D eigenvalue weighted by Gasteiger charge is 2.38. The van der Waals surface area contributed by atoms with Crippen LogP contribution in [0.2, 0.25) is 5.02 Å². The van der Waals surface area contributed by atoms with E-state index in [0.717, 1.165) is 37.0 Å². The smallest absolute Gasteiger partial charge is 0.267 e. The molecule has 124 valence electrons. The summed E-state index contributed by atoms with van der Waals surface area (Å²) in [4.78, 5) is 27.3. The maximum Gasteiger partial charge on any atom is 0.267 e. The molecule has 0 aromatic heterocycles. The molecule has 1 aromatic rings. The van der Waals surface area contributed by atoms with Crippen molar-refractivity contribution in [3.63, 3.8) is 0 Å². The summed E-state index contributed by atoms with van der Waals surface area (Å²) in [5.41, 5.74) is 1.29. The number of imide groups is 1. The van der Waals surface area contributed by atoms with E-state index in [1.54, 1.807) is 24.3 Å². The van der Waals surface area contributed by atoms with Gasteiger partial charge in [-0.25, -0.2) is 0 Å². The number of halogens is 1. The van der Waals surface area contributed by atoms with Gasteiger partial charge < -0.3 is 0 Å². The summed E-state index contributed by atoms with van der Waals surface area (Å²) >= 11 is 7.36. The van der Waals surface area contributed by atoms with Crippen LogP contribution in [0.5, 0.6) is 0 Å². The number of unbranched alkanes of at least 4 members (excludes halogenated alkanes) is 3. The number of hydrogen-bond donors (Lipinski definition) is 0. The molecule has 1 aliphatic rings. The van der Waals surface area contributed by atoms with Gasteiger partial charge in [-0.2, -0.15) is 0 Å². The molecule has 0 spiro atoms. The third-order valence-electron chi connectivity index (χ3n) is 3.78. The van der Waals surface area contributed by atoms with Crippen LogP contribution in [-0.2, 0) is 9.59 Å². The molecule has 0 aliphatic carbocycles. The minimum absolute atomic E-state index is 0.150. The zero-order valence-electron chi connectivity index (χ0n) is 13.6. The van der Waals surface area contributed by atoms with Crippen molar-refractivity contribution in [2.24, 2.45) is 0 Å². The maximum absolute atomic E-state index is 12.8. The summed E-state index contributed by atoms with van der Waals surface area (Å²) in [5, 5.41) is 0.618. The van der Waals surface area contributed by atoms with Crippen LogP contribution in [0.1, 0.15) is 45.1 Å². The summed E-state index contributed by atoms with van der Waals surface area (Å²) in [7, 11) is 0. The van der Waals surface area contributed by atoms with Crippen LogP contribution in [0.3, 0.4) is 0 Å². The Labute approximate surface area is 147 Å². The van der Waals surface area contributed by atoms with Crippen LogP contribution in [0.15, 0.2) is 29.2 Å². The summed E-state index contributed by atoms with van der Waals surface area (Å²) in [6.07, 6.45) is 4.17. The number of thioether (sulfide) groups is 1. The first-order chi connectivity index (χ1) is 11.1. The maximum atomic E-state index is 12.8. The lowest BCUT2D eigenvalue weighted by atomic mass is 10.1. The molecule has 0 unspecified atom stereocenters. The molecule has 0 fully saturated rings. The molecule has 0 radical (unpaired) electrons. The Hall–Kier alpha value is -1.26. The second-order valence-corrected chi connectivity index (χ2v) is 7.18. The highest BCUT2D eigenvalue weighted by atomic mass is 35.5. The first kappa shape index (κ1) is 18.1. The van der Waals surface area contributed by atoms with Crippen LogP contribution in [-0.4, -0.2) is 29.0 Å². The lowest BCUT2D eigenvalue weighted by Crippen LogP contribution is -2.32. The Morgan fingerprint density at radius 3 is 2.30 bits per heavy atom. The molecule has 0 saturated carbocycles. The van der Waals surface area contributed by atoms with E-state index in [9.17, 15) is 9.59 Å². The number of benzene rings is 1. The number of rotatable bonds is 8. The molecule has 1 aliphatic heterocycles. The molecule has 1 aromatic carbocycles. The van der Waals surface area contributed by atoms with Gasteiger partial charge in [0, 0.05) is 11.6 Å². The number of carbonyl (C=O) groups is 2. The topological polar surface area (TPSA) is 37.4 Å². The summed E-state index contributed by atoms with van der Waals surface area (Å²) in [5.74, 6) is 0.433. The number of carbonyl (C=O) groups excluding carboxylic acids is 2. The Bertz CT molecular complexity index is 610. The molecule has 0 N–H and O–H groups in total. The molecule has 0 saturated heterocycles. The van der Waals surface area contributed by atoms with Gasteiger partial charge in [-0.05, 0) is 29.9 Å². The molecular weight excluding hydrogens is 330 g/mol. The van der Waals surface area contributed by atoms with Gasteiger partial charge in [0.2, 0.25) is 0 Å². The molecule has 5 heteroatoms. The fourth-order valence-corrected chi connectivity index (χ4v) is 3.60. The van der Waals surface area contributed by atoms with E-state index in [-0.39, 0.29) is 11.8 Å². The average molecular weight is 352 g/mol. The normalized spacial score (nSPS) is 15.0. The molecule has 2 amide bonds. The monoisotopic (exact) mass is 351 g/mol. The SMILES string of the molecule is CCCCCCN1C(=O)C(SCC)=C(c2ccc(Cl)cc2)C1=O. The van der Waals surface area contributed by atoms with Crippen LogP contribution in [0.4, 0.5) is 0 Å². The van der Waals surface area contributed by atoms with Gasteiger partial charge >= 0.3 is 0 Å². The van der Waals surface area contributed by atoms with Gasteiger partial charge in [-0.3, -0.25) is 14.5 Å². The molecule has 1 heterocycles. The quantitative estimate of drug-likeness (QED) is 0.501. The van der Waals surface area contributed by atoms with E-state index < -0.39 is 0 Å². The Morgan fingerprint density at radius 1 is 1.00 bits per heavy atom. The first-order valence-electron chi connectivity index (χ1n) is 8.09. The third kappa shape index (κ3) is 4.18. The minimum atomic E-state index is -0.176. The van der Waals surface area contributed by atoms with E-state index in [1.807, 2.05) is 6.92 Å². The molecule has 3 nitrogen and oxygen atoms in total. The Morgan fingerprint density at radius 2 is 1.70 bits per heavy atom. The van der Waals surface area contributed by atoms with Gasteiger partial charge in [0.1, 0.15) is 0 Å². The van der Waals surface area contributed by atoms with E-state index in [2.05, 4.69) is 6.92 Å². The number of amides is 2. The number of nitrogens with zero attached hydrogens (tertiary/aromatic N) is 1. The van der Waals surface area contributed by atoms with Crippen molar-refractivity contribution in [1.82, 2.24) is 4.90 Å². The fourth-order valence-electron chi connectivity index (χ4n) is 2.60. The van der Waals surface area contributed by atoms with E-state index in [1.165, 1.54) is 16.7 Å². The van der Waals surface area contributed by atoms with Crippen LogP contribution < -0.4 is 0 Å². The van der Waals surface area contributed by atoms with Crippen molar-refractivity contribution in [2.75, 3.05) is 12.3 Å². The minimum Gasteiger partial charge on any atom is -0.274 e. The van der Waals surface area contributed by atoms with Crippen molar-refractivity contribution < 1.29 is 9.59 Å². The van der Waals surface area contributed by atoms with Crippen molar-refractivity contribution >= 4 is 40.8 Å². The highest BCUT2D eigenvalue weighted by Crippen LogP contribution is 2.36. The van der Waals surface area contributed by atoms with E-state index >= 15 is 0 Å². The highest BCUT2D eigenvalue weighted by molar-refractivity contribution is 8.04. The summed E-state index contributed by atoms with van der Waals surface area (Å²) < 4.78 is 0. The Balaban J connectivity index is 2.24. The van der Waals surface area contributed by atoms with Gasteiger partial charge in [0.25, 0.3) is 11.8 Å². The standard InChI is InChI=1S/C18H22ClNO2S/c1-3-5-6-7-12-20-17(21)15(16(18(20)22)23-4-2)13-8-10-14(19)11-9-13/h8-11H,3-7,12H2,1-2H3. The van der Waals surface area contributed by atoms with E-state index in [4.69, 9.17) is 11.6 Å². The number of hydrogen-bond acceptors (Lipinski definition) is 3. The van der Waals surface area contributed by atoms with Gasteiger partial charge in [0.15, 0.2) is 0 Å². The second-order valence-electron chi connectivity index (χ2n) is 5.47. The first-order valence-corrected chi connectivity index (χ1v) is 9.45. The lowest BCUT2D eigenvalue weighted by molar-refractivity contribution is -0.136. The molecule has 0 bridgehead atoms. The molecular formula is C18H22ClNO2S. The predicted octanol–water partition coefficient (Wildman–Crippen LogP) is 4.75.